The third-order valence-electron chi connectivity index (χ3n) is 6.73. The van der Waals surface area contributed by atoms with Crippen molar-refractivity contribution in [3.63, 3.8) is 0 Å². The Morgan fingerprint density at radius 3 is 2.50 bits per heavy atom. The Morgan fingerprint density at radius 2 is 1.88 bits per heavy atom. The number of rotatable bonds is 11. The molecule has 1 aromatic carbocycles. The first-order valence-electron chi connectivity index (χ1n) is 13.6. The topological polar surface area (TPSA) is 82.5 Å². The fraction of sp³-hybridized carbons (Fsp3) is 0.355. The van der Waals surface area contributed by atoms with E-state index in [1.54, 1.807) is 31.5 Å². The molecule has 5 rings (SSSR count). The number of hydrogen-bond donors (Lipinski definition) is 0. The van der Waals surface area contributed by atoms with Crippen LogP contribution in [0.4, 0.5) is 8.78 Å². The molecule has 3 heterocycles. The number of hydrogen-bond acceptors (Lipinski definition) is 8. The Labute approximate surface area is 254 Å². The summed E-state index contributed by atoms with van der Waals surface area (Å²) in [5, 5.41) is 0. The monoisotopic (exact) mass is 688 g/mol. The van der Waals surface area contributed by atoms with E-state index in [-0.39, 0.29) is 21.9 Å². The molecule has 222 valence electrons. The third-order valence-corrected chi connectivity index (χ3v) is 9.26. The van der Waals surface area contributed by atoms with E-state index in [0.717, 1.165) is 35.4 Å². The van der Waals surface area contributed by atoms with Crippen LogP contribution < -0.4 is 35.4 Å². The first-order valence-corrected chi connectivity index (χ1v) is 15.9. The van der Waals surface area contributed by atoms with Crippen molar-refractivity contribution in [3.05, 3.63) is 79.6 Å². The molecular formula is C31H33F2IN5O3-. The van der Waals surface area contributed by atoms with Crippen molar-refractivity contribution in [2.24, 2.45) is 0 Å². The Hall–Kier alpha value is -3.61. The molecule has 1 aliphatic carbocycles. The third kappa shape index (κ3) is 6.40. The molecule has 1 aliphatic heterocycles. The summed E-state index contributed by atoms with van der Waals surface area (Å²) in [7, 11) is 3.35. The van der Waals surface area contributed by atoms with E-state index in [0.29, 0.717) is 34.8 Å². The minimum atomic E-state index is -2.98. The standard InChI is InChI=1S/C31H33F2IN5O3/c1-18(2)31(32,33)25-15-39(5)23(13-34-25)21-9-7-20(8-10-21)16-41-29-24(42-19(3)4)14-35-28(38-29)26-27(22-11-12-22)36-17-37-30(26)40-6/h7-10,13-15,17,19,22H,1,11-12,16H2,2-6H3/q-1. The second-order valence-electron chi connectivity index (χ2n) is 10.5. The molecule has 1 saturated carbocycles. The average Bonchev–Trinajstić information content (AvgIpc) is 3.82. The molecule has 8 nitrogen and oxygen atoms in total. The number of nitrogens with zero attached hydrogens (tertiary/aromatic N) is 5. The quantitative estimate of drug-likeness (QED) is 0.224. The minimum absolute atomic E-state index is 0.105. The maximum atomic E-state index is 14.5. The summed E-state index contributed by atoms with van der Waals surface area (Å²) >= 11 is -0.979. The summed E-state index contributed by atoms with van der Waals surface area (Å²) in [6, 6.07) is 7.83. The maximum absolute atomic E-state index is 14.5. The zero-order valence-corrected chi connectivity index (χ0v) is 26.4. The van der Waals surface area contributed by atoms with Crippen LogP contribution in [0.5, 0.6) is 17.5 Å². The normalized spacial score (nSPS) is 15.5. The zero-order valence-electron chi connectivity index (χ0n) is 24.2. The van der Waals surface area contributed by atoms with Gasteiger partial charge < -0.3 is 4.74 Å². The van der Waals surface area contributed by atoms with Gasteiger partial charge in [-0.15, -0.1) is 0 Å². The van der Waals surface area contributed by atoms with Crippen molar-refractivity contribution in [2.45, 2.75) is 58.2 Å². The fourth-order valence-electron chi connectivity index (χ4n) is 4.33. The average molecular weight is 689 g/mol. The van der Waals surface area contributed by atoms with E-state index in [2.05, 4.69) is 21.5 Å². The van der Waals surface area contributed by atoms with Gasteiger partial charge in [0.2, 0.25) is 5.88 Å². The molecule has 0 spiro atoms. The number of aromatic nitrogens is 4. The van der Waals surface area contributed by atoms with Crippen molar-refractivity contribution in [1.82, 2.24) is 24.8 Å². The summed E-state index contributed by atoms with van der Waals surface area (Å²) in [6.07, 6.45) is 6.65. The molecule has 0 bridgehead atoms. The number of benzene rings is 1. The van der Waals surface area contributed by atoms with Crippen molar-refractivity contribution in [1.29, 1.82) is 0 Å². The number of alkyl halides is 2. The van der Waals surface area contributed by atoms with Crippen molar-refractivity contribution < 1.29 is 44.2 Å². The van der Waals surface area contributed by atoms with Crippen LogP contribution in [0.25, 0.3) is 17.1 Å². The summed E-state index contributed by atoms with van der Waals surface area (Å²) < 4.78 is 48.7. The molecular weight excluding hydrogens is 655 g/mol. The van der Waals surface area contributed by atoms with Crippen LogP contribution in [0.3, 0.4) is 0 Å². The van der Waals surface area contributed by atoms with E-state index in [4.69, 9.17) is 19.2 Å². The molecule has 0 radical (unpaired) electrons. The molecule has 11 heteroatoms. The number of halogens is 3. The van der Waals surface area contributed by atoms with Gasteiger partial charge in [-0.3, -0.25) is 0 Å². The van der Waals surface area contributed by atoms with E-state index in [9.17, 15) is 8.78 Å². The van der Waals surface area contributed by atoms with E-state index in [1.165, 1.54) is 13.3 Å². The van der Waals surface area contributed by atoms with E-state index >= 15 is 0 Å². The summed E-state index contributed by atoms with van der Waals surface area (Å²) in [5.41, 5.74) is 4.14. The molecule has 1 fully saturated rings. The Kier molecular flexibility index (Phi) is 8.76. The van der Waals surface area contributed by atoms with Crippen molar-refractivity contribution in [3.8, 4) is 28.9 Å². The van der Waals surface area contributed by atoms with Gasteiger partial charge in [-0.05, 0) is 26.7 Å². The first kappa shape index (κ1) is 29.9. The van der Waals surface area contributed by atoms with Crippen LogP contribution in [0.1, 0.15) is 56.4 Å². The Bertz CT molecular complexity index is 1540. The van der Waals surface area contributed by atoms with Gasteiger partial charge in [0.15, 0.2) is 0 Å². The van der Waals surface area contributed by atoms with Crippen LogP contribution in [0.2, 0.25) is 0 Å². The van der Waals surface area contributed by atoms with Gasteiger partial charge in [-0.1, -0.05) is 0 Å². The van der Waals surface area contributed by atoms with Crippen LogP contribution >= 0.6 is 0 Å². The van der Waals surface area contributed by atoms with Gasteiger partial charge in [0.1, 0.15) is 6.33 Å². The van der Waals surface area contributed by atoms with Crippen molar-refractivity contribution in [2.75, 3.05) is 14.2 Å². The van der Waals surface area contributed by atoms with E-state index in [1.807, 2.05) is 42.2 Å². The first-order chi connectivity index (χ1) is 20.1. The predicted octanol–water partition coefficient (Wildman–Crippen LogP) is 3.57. The summed E-state index contributed by atoms with van der Waals surface area (Å²) in [6.45, 7) is 8.91. The van der Waals surface area contributed by atoms with E-state index < -0.39 is 27.1 Å². The molecule has 0 N–H and O–H groups in total. The SMILES string of the molecule is C=C(C)C(F)(F)C1=CN(C)C(c2ccc(COc3nc(-c4c(OC)ncnc4C4CC4)ncc3OC(C)C)cc2)=C[I-]1. The summed E-state index contributed by atoms with van der Waals surface area (Å²) in [4.78, 5) is 19.8. The predicted molar refractivity (Wildman–Crippen MR) is 152 cm³/mol. The van der Waals surface area contributed by atoms with Crippen LogP contribution in [0, 0.1) is 0 Å². The molecule has 42 heavy (non-hydrogen) atoms. The molecule has 2 aliphatic rings. The number of ether oxygens (including phenoxy) is 3. The van der Waals surface area contributed by atoms with Crippen LogP contribution in [-0.4, -0.2) is 51.0 Å². The molecule has 2 aromatic heterocycles. The number of methoxy groups -OCH3 is 1. The summed E-state index contributed by atoms with van der Waals surface area (Å²) in [5.74, 6) is -1.08. The molecule has 3 aromatic rings. The van der Waals surface area contributed by atoms with Gasteiger partial charge in [-0.2, -0.15) is 0 Å². The van der Waals surface area contributed by atoms with Crippen molar-refractivity contribution >= 4 is 5.70 Å². The van der Waals surface area contributed by atoms with Gasteiger partial charge in [0.05, 0.1) is 12.8 Å². The number of allylic oxidation sites excluding steroid dienone is 2. The van der Waals surface area contributed by atoms with Gasteiger partial charge in [-0.25, -0.2) is 9.97 Å². The Morgan fingerprint density at radius 1 is 1.14 bits per heavy atom. The van der Waals surface area contributed by atoms with Gasteiger partial charge >= 0.3 is 183 Å². The Balaban J connectivity index is 1.35. The van der Waals surface area contributed by atoms with Gasteiger partial charge in [0.25, 0.3) is 0 Å². The molecule has 0 amide bonds. The van der Waals surface area contributed by atoms with Gasteiger partial charge in [0, 0.05) is 5.92 Å². The van der Waals surface area contributed by atoms with Crippen LogP contribution in [-0.2, 0) is 6.61 Å². The fourth-order valence-corrected chi connectivity index (χ4v) is 7.19. The molecule has 0 saturated heterocycles. The zero-order chi connectivity index (χ0) is 30.0. The molecule has 0 unspecified atom stereocenters. The second-order valence-corrected chi connectivity index (χ2v) is 12.9. The molecule has 0 atom stereocenters. The van der Waals surface area contributed by atoms with Crippen LogP contribution in [0.15, 0.2) is 62.8 Å². The second kappa shape index (κ2) is 12.3.